The SMILES string of the molecule is Cc1ccc(F)c(NC(=O)c2ccccc2CN2C(=O)C3(COc4cc5c(cc43)CCO5)c3ccccc32)c1. The molecule has 1 N–H and O–H groups in total. The summed E-state index contributed by atoms with van der Waals surface area (Å²) in [6.07, 6.45) is 0.794. The van der Waals surface area contributed by atoms with Crippen LogP contribution in [0.3, 0.4) is 0 Å². The summed E-state index contributed by atoms with van der Waals surface area (Å²) in [5, 5.41) is 2.70. The highest BCUT2D eigenvalue weighted by Gasteiger charge is 2.57. The molecule has 0 aliphatic carbocycles. The van der Waals surface area contributed by atoms with Crippen molar-refractivity contribution < 1.29 is 23.5 Å². The maximum Gasteiger partial charge on any atom is 0.256 e. The molecule has 39 heavy (non-hydrogen) atoms. The van der Waals surface area contributed by atoms with Crippen molar-refractivity contribution in [2.45, 2.75) is 25.3 Å². The number of benzene rings is 4. The topological polar surface area (TPSA) is 67.9 Å². The van der Waals surface area contributed by atoms with E-state index in [4.69, 9.17) is 9.47 Å². The fourth-order valence-electron chi connectivity index (χ4n) is 5.98. The third kappa shape index (κ3) is 3.53. The molecular weight excluding hydrogens is 495 g/mol. The predicted molar refractivity (Wildman–Crippen MR) is 145 cm³/mol. The van der Waals surface area contributed by atoms with Crippen LogP contribution in [0.5, 0.6) is 11.5 Å². The first-order chi connectivity index (χ1) is 19.0. The number of rotatable bonds is 4. The van der Waals surface area contributed by atoms with Gasteiger partial charge in [0.05, 0.1) is 18.8 Å². The normalized spacial score (nSPS) is 18.4. The summed E-state index contributed by atoms with van der Waals surface area (Å²) in [5.74, 6) is 0.442. The van der Waals surface area contributed by atoms with Crippen molar-refractivity contribution in [3.63, 3.8) is 0 Å². The summed E-state index contributed by atoms with van der Waals surface area (Å²) in [6.45, 7) is 2.84. The molecule has 1 spiro atoms. The molecule has 6 nitrogen and oxygen atoms in total. The van der Waals surface area contributed by atoms with Gasteiger partial charge in [0.1, 0.15) is 29.3 Å². The van der Waals surface area contributed by atoms with Crippen molar-refractivity contribution in [1.29, 1.82) is 0 Å². The van der Waals surface area contributed by atoms with Gasteiger partial charge in [-0.1, -0.05) is 42.5 Å². The molecule has 1 atom stereocenters. The molecular formula is C32H25FN2O4. The molecule has 194 valence electrons. The zero-order valence-electron chi connectivity index (χ0n) is 21.3. The highest BCUT2D eigenvalue weighted by molar-refractivity contribution is 6.12. The number of halogens is 1. The van der Waals surface area contributed by atoms with Gasteiger partial charge in [0, 0.05) is 29.3 Å². The number of ether oxygens (including phenoxy) is 2. The quantitative estimate of drug-likeness (QED) is 0.383. The molecule has 4 aromatic carbocycles. The highest BCUT2D eigenvalue weighted by Crippen LogP contribution is 2.54. The van der Waals surface area contributed by atoms with Crippen molar-refractivity contribution in [3.8, 4) is 11.5 Å². The number of amides is 2. The summed E-state index contributed by atoms with van der Waals surface area (Å²) in [5.41, 5.74) is 4.62. The van der Waals surface area contributed by atoms with Gasteiger partial charge >= 0.3 is 0 Å². The summed E-state index contributed by atoms with van der Waals surface area (Å²) in [4.78, 5) is 29.4. The van der Waals surface area contributed by atoms with Crippen LogP contribution in [-0.4, -0.2) is 25.0 Å². The van der Waals surface area contributed by atoms with Crippen molar-refractivity contribution in [2.24, 2.45) is 0 Å². The average Bonchev–Trinajstić information content (AvgIpc) is 3.62. The molecule has 0 bridgehead atoms. The molecule has 0 radical (unpaired) electrons. The van der Waals surface area contributed by atoms with Crippen molar-refractivity contribution in [2.75, 3.05) is 23.4 Å². The monoisotopic (exact) mass is 520 g/mol. The highest BCUT2D eigenvalue weighted by atomic mass is 19.1. The Balaban J connectivity index is 1.26. The second-order valence-corrected chi connectivity index (χ2v) is 10.3. The van der Waals surface area contributed by atoms with E-state index in [2.05, 4.69) is 11.4 Å². The molecule has 7 rings (SSSR count). The minimum atomic E-state index is -0.967. The lowest BCUT2D eigenvalue weighted by atomic mass is 9.76. The Labute approximate surface area is 225 Å². The third-order valence-corrected chi connectivity index (χ3v) is 7.92. The maximum absolute atomic E-state index is 14.4. The Morgan fingerprint density at radius 1 is 0.974 bits per heavy atom. The van der Waals surface area contributed by atoms with Gasteiger partial charge in [-0.15, -0.1) is 0 Å². The number of fused-ring (bicyclic) bond motifs is 5. The second-order valence-electron chi connectivity index (χ2n) is 10.3. The van der Waals surface area contributed by atoms with Gasteiger partial charge in [-0.25, -0.2) is 4.39 Å². The molecule has 3 heterocycles. The van der Waals surface area contributed by atoms with Gasteiger partial charge in [0.15, 0.2) is 0 Å². The molecule has 3 aliphatic heterocycles. The molecule has 4 aromatic rings. The maximum atomic E-state index is 14.4. The minimum Gasteiger partial charge on any atom is -0.493 e. The average molecular weight is 521 g/mol. The van der Waals surface area contributed by atoms with Crippen LogP contribution in [0.1, 0.15) is 38.2 Å². The summed E-state index contributed by atoms with van der Waals surface area (Å²) >= 11 is 0. The first-order valence-corrected chi connectivity index (χ1v) is 13.0. The lowest BCUT2D eigenvalue weighted by molar-refractivity contribution is -0.122. The van der Waals surface area contributed by atoms with E-state index in [0.29, 0.717) is 23.5 Å². The van der Waals surface area contributed by atoms with Crippen LogP contribution in [0, 0.1) is 12.7 Å². The van der Waals surface area contributed by atoms with Crippen molar-refractivity contribution >= 4 is 23.2 Å². The van der Waals surface area contributed by atoms with E-state index >= 15 is 0 Å². The van der Waals surface area contributed by atoms with Crippen LogP contribution in [0.4, 0.5) is 15.8 Å². The van der Waals surface area contributed by atoms with Gasteiger partial charge < -0.3 is 19.7 Å². The summed E-state index contributed by atoms with van der Waals surface area (Å²) in [6, 6.07) is 23.4. The van der Waals surface area contributed by atoms with E-state index in [1.165, 1.54) is 6.07 Å². The van der Waals surface area contributed by atoms with E-state index in [9.17, 15) is 14.0 Å². The standard InChI is InChI=1S/C32H25FN2O4/c1-19-10-11-25(33)26(14-19)34-30(36)22-7-3-2-6-21(22)17-35-27-9-5-4-8-23(27)32(31(35)37)18-39-29-16-28-20(12-13-38-28)15-24(29)32/h2-11,14-16H,12-13,17-18H2,1H3,(H,34,36). The van der Waals surface area contributed by atoms with Crippen molar-refractivity contribution in [1.82, 2.24) is 0 Å². The number of carbonyl (C=O) groups excluding carboxylic acids is 2. The number of anilines is 2. The molecule has 7 heteroatoms. The molecule has 0 saturated carbocycles. The number of hydrogen-bond donors (Lipinski definition) is 1. The number of aryl methyl sites for hydroxylation is 1. The molecule has 0 saturated heterocycles. The second kappa shape index (κ2) is 8.70. The molecule has 0 aromatic heterocycles. The zero-order chi connectivity index (χ0) is 26.7. The van der Waals surface area contributed by atoms with Gasteiger partial charge in [-0.3, -0.25) is 9.59 Å². The molecule has 2 amide bonds. The van der Waals surface area contributed by atoms with Crippen LogP contribution in [0.2, 0.25) is 0 Å². The summed E-state index contributed by atoms with van der Waals surface area (Å²) < 4.78 is 26.2. The van der Waals surface area contributed by atoms with E-state index in [1.54, 1.807) is 29.2 Å². The Morgan fingerprint density at radius 3 is 2.69 bits per heavy atom. The minimum absolute atomic E-state index is 0.0961. The van der Waals surface area contributed by atoms with E-state index < -0.39 is 17.1 Å². The molecule has 1 unspecified atom stereocenters. The van der Waals surface area contributed by atoms with Gasteiger partial charge in [0.25, 0.3) is 5.91 Å². The fourth-order valence-corrected chi connectivity index (χ4v) is 5.98. The lowest BCUT2D eigenvalue weighted by Crippen LogP contribution is -2.42. The van der Waals surface area contributed by atoms with Gasteiger partial charge in [0.2, 0.25) is 5.91 Å². The largest absolute Gasteiger partial charge is 0.493 e. The van der Waals surface area contributed by atoms with E-state index in [1.807, 2.05) is 49.4 Å². The van der Waals surface area contributed by atoms with Gasteiger partial charge in [-0.05, 0) is 59.5 Å². The van der Waals surface area contributed by atoms with Crippen LogP contribution in [-0.2, 0) is 23.2 Å². The Kier molecular flexibility index (Phi) is 5.23. The van der Waals surface area contributed by atoms with E-state index in [-0.39, 0.29) is 24.7 Å². The smallest absolute Gasteiger partial charge is 0.256 e. The van der Waals surface area contributed by atoms with Crippen LogP contribution in [0.25, 0.3) is 0 Å². The Bertz CT molecular complexity index is 1680. The Hall–Kier alpha value is -4.65. The van der Waals surface area contributed by atoms with Crippen LogP contribution >= 0.6 is 0 Å². The lowest BCUT2D eigenvalue weighted by Gasteiger charge is -2.24. The zero-order valence-corrected chi connectivity index (χ0v) is 21.3. The molecule has 0 fully saturated rings. The first-order valence-electron chi connectivity index (χ1n) is 13.0. The number of para-hydroxylation sites is 1. The molecule has 3 aliphatic rings. The number of nitrogens with zero attached hydrogens (tertiary/aromatic N) is 1. The number of hydrogen-bond acceptors (Lipinski definition) is 4. The van der Waals surface area contributed by atoms with Crippen molar-refractivity contribution in [3.05, 3.63) is 118 Å². The summed E-state index contributed by atoms with van der Waals surface area (Å²) in [7, 11) is 0. The van der Waals surface area contributed by atoms with Gasteiger partial charge in [-0.2, -0.15) is 0 Å². The number of nitrogens with one attached hydrogen (secondary N) is 1. The Morgan fingerprint density at radius 2 is 1.79 bits per heavy atom. The fraction of sp³-hybridized carbons (Fsp3) is 0.188. The number of carbonyl (C=O) groups is 2. The van der Waals surface area contributed by atoms with Crippen LogP contribution in [0.15, 0.2) is 78.9 Å². The third-order valence-electron chi connectivity index (χ3n) is 7.92. The predicted octanol–water partition coefficient (Wildman–Crippen LogP) is 5.55. The van der Waals surface area contributed by atoms with E-state index in [0.717, 1.165) is 40.1 Å². The van der Waals surface area contributed by atoms with Crippen LogP contribution < -0.4 is 19.7 Å². The first kappa shape index (κ1) is 23.5.